The highest BCUT2D eigenvalue weighted by atomic mass is 32.2. The van der Waals surface area contributed by atoms with Crippen LogP contribution >= 0.6 is 11.8 Å². The maximum Gasteiger partial charge on any atom is 0.240 e. The molecule has 0 atom stereocenters. The Labute approximate surface area is 126 Å². The fraction of sp³-hybridized carbons (Fsp3) is 0.0909. The van der Waals surface area contributed by atoms with Gasteiger partial charge in [0.1, 0.15) is 11.6 Å². The quantitative estimate of drug-likeness (QED) is 0.462. The first-order chi connectivity index (χ1) is 9.81. The second-order valence-corrected chi connectivity index (χ2v) is 6.91. The molecule has 0 spiro atoms. The lowest BCUT2D eigenvalue weighted by Gasteiger charge is -2.08. The van der Waals surface area contributed by atoms with Gasteiger partial charge >= 0.3 is 0 Å². The topological polar surface area (TPSA) is 150 Å². The molecule has 21 heavy (non-hydrogen) atoms. The number of sulfonamides is 1. The largest absolute Gasteiger partial charge is 0.398 e. The Morgan fingerprint density at radius 1 is 1.10 bits per heavy atom. The SMILES string of the molecule is CNS(=O)(=O)c1ccc(N)c(Sc2nc(N)cc(N)n2)c1. The van der Waals surface area contributed by atoms with Crippen molar-refractivity contribution in [1.29, 1.82) is 0 Å². The number of nitrogens with two attached hydrogens (primary N) is 3. The average molecular weight is 326 g/mol. The van der Waals surface area contributed by atoms with Crippen molar-refractivity contribution in [3.8, 4) is 0 Å². The molecule has 2 aromatic rings. The number of nitrogen functional groups attached to an aromatic ring is 3. The fourth-order valence-electron chi connectivity index (χ4n) is 1.49. The van der Waals surface area contributed by atoms with E-state index in [1.807, 2.05) is 0 Å². The van der Waals surface area contributed by atoms with E-state index in [2.05, 4.69) is 14.7 Å². The molecular formula is C11H14N6O2S2. The summed E-state index contributed by atoms with van der Waals surface area (Å²) < 4.78 is 25.8. The van der Waals surface area contributed by atoms with Crippen LogP contribution in [-0.4, -0.2) is 25.4 Å². The number of nitrogens with one attached hydrogen (secondary N) is 1. The Morgan fingerprint density at radius 2 is 1.71 bits per heavy atom. The third kappa shape index (κ3) is 3.54. The maximum atomic E-state index is 11.8. The predicted molar refractivity (Wildman–Crippen MR) is 82.1 cm³/mol. The highest BCUT2D eigenvalue weighted by Gasteiger charge is 2.14. The van der Waals surface area contributed by atoms with Crippen molar-refractivity contribution in [1.82, 2.24) is 14.7 Å². The number of nitrogens with zero attached hydrogens (tertiary/aromatic N) is 2. The number of hydrogen-bond acceptors (Lipinski definition) is 8. The van der Waals surface area contributed by atoms with Gasteiger partial charge in [-0.25, -0.2) is 23.1 Å². The molecule has 7 N–H and O–H groups in total. The molecule has 1 aromatic heterocycles. The molecule has 0 fully saturated rings. The summed E-state index contributed by atoms with van der Waals surface area (Å²) in [6, 6.07) is 5.78. The second kappa shape index (κ2) is 5.76. The van der Waals surface area contributed by atoms with Gasteiger partial charge in [0.2, 0.25) is 10.0 Å². The Balaban J connectivity index is 2.42. The summed E-state index contributed by atoms with van der Waals surface area (Å²) in [7, 11) is -2.22. The van der Waals surface area contributed by atoms with Gasteiger partial charge in [0.25, 0.3) is 0 Å². The van der Waals surface area contributed by atoms with Gasteiger partial charge in [0.15, 0.2) is 5.16 Å². The van der Waals surface area contributed by atoms with Gasteiger partial charge in [0, 0.05) is 16.6 Å². The second-order valence-electron chi connectivity index (χ2n) is 4.01. The zero-order chi connectivity index (χ0) is 15.6. The summed E-state index contributed by atoms with van der Waals surface area (Å²) in [5, 5.41) is 0.290. The van der Waals surface area contributed by atoms with Crippen LogP contribution in [0.2, 0.25) is 0 Å². The summed E-state index contributed by atoms with van der Waals surface area (Å²) in [6.07, 6.45) is 0. The Bertz CT molecular complexity index is 758. The number of aromatic nitrogens is 2. The van der Waals surface area contributed by atoms with Crippen LogP contribution in [0.3, 0.4) is 0 Å². The van der Waals surface area contributed by atoms with E-state index in [9.17, 15) is 8.42 Å². The molecule has 0 aliphatic rings. The molecular weight excluding hydrogens is 312 g/mol. The van der Waals surface area contributed by atoms with E-state index in [0.29, 0.717) is 15.7 Å². The third-order valence-electron chi connectivity index (χ3n) is 2.51. The van der Waals surface area contributed by atoms with Crippen molar-refractivity contribution >= 4 is 39.1 Å². The van der Waals surface area contributed by atoms with Gasteiger partial charge in [-0.3, -0.25) is 0 Å². The van der Waals surface area contributed by atoms with Crippen LogP contribution in [0.5, 0.6) is 0 Å². The molecule has 0 bridgehead atoms. The van der Waals surface area contributed by atoms with E-state index in [1.165, 1.54) is 31.3 Å². The van der Waals surface area contributed by atoms with Crippen LogP contribution in [0.15, 0.2) is 39.2 Å². The standard InChI is InChI=1S/C11H14N6O2S2/c1-15-21(18,19)6-2-3-7(12)8(4-6)20-11-16-9(13)5-10(14)17-11/h2-5,15H,12H2,1H3,(H4,13,14,16,17). The van der Waals surface area contributed by atoms with Crippen molar-refractivity contribution in [2.24, 2.45) is 0 Å². The van der Waals surface area contributed by atoms with E-state index in [4.69, 9.17) is 17.2 Å². The minimum absolute atomic E-state index is 0.0959. The van der Waals surface area contributed by atoms with E-state index < -0.39 is 10.0 Å². The summed E-state index contributed by atoms with van der Waals surface area (Å²) in [4.78, 5) is 8.62. The lowest BCUT2D eigenvalue weighted by Crippen LogP contribution is -2.18. The molecule has 0 radical (unpaired) electrons. The van der Waals surface area contributed by atoms with Crippen LogP contribution in [-0.2, 0) is 10.0 Å². The number of anilines is 3. The number of rotatable bonds is 4. The zero-order valence-corrected chi connectivity index (χ0v) is 12.7. The molecule has 0 aliphatic heterocycles. The third-order valence-corrected chi connectivity index (χ3v) is 4.86. The molecule has 1 heterocycles. The first-order valence-corrected chi connectivity index (χ1v) is 8.03. The van der Waals surface area contributed by atoms with Gasteiger partial charge in [-0.15, -0.1) is 0 Å². The Morgan fingerprint density at radius 3 is 2.29 bits per heavy atom. The lowest BCUT2D eigenvalue weighted by atomic mass is 10.3. The molecule has 0 amide bonds. The van der Waals surface area contributed by atoms with E-state index in [1.54, 1.807) is 0 Å². The van der Waals surface area contributed by atoms with Gasteiger partial charge in [-0.2, -0.15) is 0 Å². The fourth-order valence-corrected chi connectivity index (χ4v) is 3.20. The Hall–Kier alpha value is -2.04. The van der Waals surface area contributed by atoms with E-state index in [0.717, 1.165) is 11.8 Å². The molecule has 8 nitrogen and oxygen atoms in total. The van der Waals surface area contributed by atoms with Crippen molar-refractivity contribution in [3.63, 3.8) is 0 Å². The van der Waals surface area contributed by atoms with Crippen molar-refractivity contribution in [2.45, 2.75) is 14.9 Å². The molecule has 1 aromatic carbocycles. The van der Waals surface area contributed by atoms with E-state index >= 15 is 0 Å². The Kier molecular flexibility index (Phi) is 4.21. The molecule has 2 rings (SSSR count). The van der Waals surface area contributed by atoms with Crippen LogP contribution in [0, 0.1) is 0 Å². The minimum atomic E-state index is -3.56. The van der Waals surface area contributed by atoms with Crippen molar-refractivity contribution in [2.75, 3.05) is 24.2 Å². The van der Waals surface area contributed by atoms with Crippen molar-refractivity contribution < 1.29 is 8.42 Å². The molecule has 0 saturated carbocycles. The maximum absolute atomic E-state index is 11.8. The van der Waals surface area contributed by atoms with Crippen LogP contribution in [0.4, 0.5) is 17.3 Å². The smallest absolute Gasteiger partial charge is 0.240 e. The number of benzene rings is 1. The predicted octanol–water partition coefficient (Wildman–Crippen LogP) is 0.283. The van der Waals surface area contributed by atoms with Gasteiger partial charge in [0.05, 0.1) is 4.90 Å². The van der Waals surface area contributed by atoms with Crippen LogP contribution < -0.4 is 21.9 Å². The molecule has 0 aliphatic carbocycles. The summed E-state index contributed by atoms with van der Waals surface area (Å²) >= 11 is 1.08. The monoisotopic (exact) mass is 326 g/mol. The zero-order valence-electron chi connectivity index (χ0n) is 11.1. The molecule has 0 saturated heterocycles. The lowest BCUT2D eigenvalue weighted by molar-refractivity contribution is 0.588. The first-order valence-electron chi connectivity index (χ1n) is 5.73. The molecule has 0 unspecified atom stereocenters. The average Bonchev–Trinajstić information content (AvgIpc) is 2.40. The molecule has 10 heteroatoms. The first kappa shape index (κ1) is 15.4. The summed E-state index contributed by atoms with van der Waals surface area (Å²) in [5.41, 5.74) is 17.4. The summed E-state index contributed by atoms with van der Waals surface area (Å²) in [6.45, 7) is 0. The van der Waals surface area contributed by atoms with Gasteiger partial charge in [-0.05, 0) is 37.0 Å². The highest BCUT2D eigenvalue weighted by molar-refractivity contribution is 7.99. The van der Waals surface area contributed by atoms with Gasteiger partial charge in [-0.1, -0.05) is 0 Å². The van der Waals surface area contributed by atoms with Crippen LogP contribution in [0.1, 0.15) is 0 Å². The molecule has 112 valence electrons. The minimum Gasteiger partial charge on any atom is -0.398 e. The van der Waals surface area contributed by atoms with Crippen molar-refractivity contribution in [3.05, 3.63) is 24.3 Å². The normalized spacial score (nSPS) is 11.5. The highest BCUT2D eigenvalue weighted by Crippen LogP contribution is 2.32. The van der Waals surface area contributed by atoms with Gasteiger partial charge < -0.3 is 17.2 Å². The summed E-state index contributed by atoms with van der Waals surface area (Å²) in [5.74, 6) is 0.449. The number of hydrogen-bond donors (Lipinski definition) is 4. The van der Waals surface area contributed by atoms with E-state index in [-0.39, 0.29) is 16.5 Å². The van der Waals surface area contributed by atoms with Crippen LogP contribution in [0.25, 0.3) is 0 Å².